The van der Waals surface area contributed by atoms with Gasteiger partial charge < -0.3 is 0 Å². The lowest BCUT2D eigenvalue weighted by Gasteiger charge is -2.34. The van der Waals surface area contributed by atoms with Crippen molar-refractivity contribution in [3.63, 3.8) is 0 Å². The first-order valence-corrected chi connectivity index (χ1v) is 15.1. The zero-order valence-corrected chi connectivity index (χ0v) is 22.8. The quantitative estimate of drug-likeness (QED) is 0.257. The van der Waals surface area contributed by atoms with E-state index >= 15 is 0 Å². The smallest absolute Gasteiger partial charge is 0.0743 e. The van der Waals surface area contributed by atoms with Crippen molar-refractivity contribution < 1.29 is 0 Å². The van der Waals surface area contributed by atoms with Crippen LogP contribution in [0, 0.1) is 10.4 Å². The van der Waals surface area contributed by atoms with Crippen LogP contribution in [0.5, 0.6) is 0 Å². The Morgan fingerprint density at radius 2 is 1.00 bits per heavy atom. The number of hydrogen-bond donors (Lipinski definition) is 0. The Balaban J connectivity index is 1.49. The van der Waals surface area contributed by atoms with Crippen LogP contribution in [0.4, 0.5) is 0 Å². The molecule has 0 fully saturated rings. The van der Waals surface area contributed by atoms with Gasteiger partial charge >= 0.3 is 0 Å². The number of unbranched alkanes of at least 4 members (excludes halogenated alkanes) is 6. The molecule has 0 N–H and O–H groups in total. The highest BCUT2D eigenvalue weighted by molar-refractivity contribution is 7.97. The molecular formula is C33H36S2. The minimum Gasteiger partial charge on any atom is -0.0911 e. The fourth-order valence-corrected chi connectivity index (χ4v) is 7.61. The number of aryl methyl sites for hydroxylation is 2. The van der Waals surface area contributed by atoms with Gasteiger partial charge in [-0.3, -0.25) is 0 Å². The van der Waals surface area contributed by atoms with Gasteiger partial charge in [-0.25, -0.2) is 0 Å². The molecule has 2 aromatic rings. The van der Waals surface area contributed by atoms with E-state index in [2.05, 4.69) is 84.9 Å². The number of rotatable bonds is 12. The molecule has 0 amide bonds. The molecule has 2 heteroatoms. The third-order valence-corrected chi connectivity index (χ3v) is 9.50. The van der Waals surface area contributed by atoms with Crippen LogP contribution in [0.3, 0.4) is 0 Å². The number of benzene rings is 2. The third-order valence-electron chi connectivity index (χ3n) is 7.64. The Bertz CT molecular complexity index is 1190. The molecule has 0 nitrogen and oxygen atoms in total. The summed E-state index contributed by atoms with van der Waals surface area (Å²) in [5.74, 6) is 0. The van der Waals surface area contributed by atoms with Gasteiger partial charge in [0.15, 0.2) is 0 Å². The molecule has 3 aliphatic rings. The highest BCUT2D eigenvalue weighted by Gasteiger charge is 2.51. The van der Waals surface area contributed by atoms with Crippen molar-refractivity contribution in [3.8, 4) is 10.4 Å². The Labute approximate surface area is 219 Å². The molecule has 2 aliphatic heterocycles. The van der Waals surface area contributed by atoms with E-state index in [1.54, 1.807) is 22.3 Å². The summed E-state index contributed by atoms with van der Waals surface area (Å²) in [6, 6.07) is 19.0. The van der Waals surface area contributed by atoms with E-state index in [0.717, 1.165) is 0 Å². The fourth-order valence-electron chi connectivity index (χ4n) is 5.72. The molecule has 35 heavy (non-hydrogen) atoms. The lowest BCUT2D eigenvalue weighted by molar-refractivity contribution is 0.666. The Kier molecular flexibility index (Phi) is 7.76. The molecule has 1 aliphatic carbocycles. The van der Waals surface area contributed by atoms with Crippen LogP contribution in [-0.2, 0) is 18.3 Å². The molecule has 0 spiro atoms. The van der Waals surface area contributed by atoms with E-state index in [9.17, 15) is 0 Å². The molecule has 0 saturated carbocycles. The van der Waals surface area contributed by atoms with Crippen molar-refractivity contribution in [2.75, 3.05) is 0 Å². The Morgan fingerprint density at radius 3 is 1.40 bits per heavy atom. The van der Waals surface area contributed by atoms with Gasteiger partial charge in [-0.2, -0.15) is 0 Å². The minimum absolute atomic E-state index is 0.265. The van der Waals surface area contributed by atoms with Crippen LogP contribution in [0.2, 0.25) is 0 Å². The van der Waals surface area contributed by atoms with Crippen molar-refractivity contribution in [2.45, 2.75) is 83.5 Å². The summed E-state index contributed by atoms with van der Waals surface area (Å²) >= 11 is 3.51. The minimum atomic E-state index is -0.265. The van der Waals surface area contributed by atoms with Crippen LogP contribution in [0.1, 0.15) is 87.5 Å². The van der Waals surface area contributed by atoms with Crippen LogP contribution < -0.4 is 0 Å². The van der Waals surface area contributed by atoms with Crippen molar-refractivity contribution >= 4 is 22.3 Å². The standard InChI is InChI=1S/C33H36S2/c1-3-5-7-9-11-25-13-17-27(18-14-25)33(28-19-15-26(16-20-28)12-10-8-6-4-2)29-21-23-34-31(29)32-30(33)22-24-35-32/h13-22H,3-12H2,1-2H3. The van der Waals surface area contributed by atoms with Gasteiger partial charge in [0.1, 0.15) is 0 Å². The van der Waals surface area contributed by atoms with Crippen molar-refractivity contribution in [2.24, 2.45) is 0 Å². The maximum absolute atomic E-state index is 3.46. The fraction of sp³-hybridized carbons (Fsp3) is 0.394. The molecule has 180 valence electrons. The molecule has 0 unspecified atom stereocenters. The predicted octanol–water partition coefficient (Wildman–Crippen LogP) is 9.71. The first-order chi connectivity index (χ1) is 17.3. The third kappa shape index (κ3) is 4.62. The van der Waals surface area contributed by atoms with E-state index < -0.39 is 0 Å². The van der Waals surface area contributed by atoms with Crippen LogP contribution in [-0.4, -0.2) is 0 Å². The molecular weight excluding hydrogens is 460 g/mol. The molecule has 0 saturated heterocycles. The summed E-state index contributed by atoms with van der Waals surface area (Å²) in [4.78, 5) is 2.75. The SMILES string of the molecule is CCCCCCc1ccc(C2(c3ccc(CCCCCC)cc3)C3=CC#SC3=C3S#CC=C32)cc1. The zero-order valence-electron chi connectivity index (χ0n) is 21.2. The first-order valence-electron chi connectivity index (χ1n) is 13.5. The molecule has 0 radical (unpaired) electrons. The van der Waals surface area contributed by atoms with Crippen LogP contribution in [0.25, 0.3) is 0 Å². The van der Waals surface area contributed by atoms with E-state index in [0.29, 0.717) is 0 Å². The van der Waals surface area contributed by atoms with E-state index in [1.165, 1.54) is 107 Å². The van der Waals surface area contributed by atoms with E-state index in [-0.39, 0.29) is 5.41 Å². The van der Waals surface area contributed by atoms with Crippen molar-refractivity contribution in [3.05, 3.63) is 104 Å². The predicted molar refractivity (Wildman–Crippen MR) is 156 cm³/mol. The maximum Gasteiger partial charge on any atom is 0.0743 e. The van der Waals surface area contributed by atoms with Gasteiger partial charge in [-0.1, -0.05) is 134 Å². The summed E-state index contributed by atoms with van der Waals surface area (Å²) in [6.07, 6.45) is 17.3. The molecule has 2 heterocycles. The van der Waals surface area contributed by atoms with Gasteiger partial charge in [0.25, 0.3) is 0 Å². The number of allylic oxidation sites excluding steroid dienone is 4. The Hall–Kier alpha value is -2.34. The molecule has 0 bridgehead atoms. The second-order valence-corrected chi connectivity index (χ2v) is 11.7. The lowest BCUT2D eigenvalue weighted by Crippen LogP contribution is -2.29. The average Bonchev–Trinajstić information content (AvgIpc) is 3.61. The molecule has 0 atom stereocenters. The average molecular weight is 497 g/mol. The van der Waals surface area contributed by atoms with Crippen molar-refractivity contribution in [1.29, 1.82) is 0 Å². The highest BCUT2D eigenvalue weighted by Crippen LogP contribution is 2.61. The monoisotopic (exact) mass is 496 g/mol. The van der Waals surface area contributed by atoms with Crippen LogP contribution in [0.15, 0.2) is 81.6 Å². The second kappa shape index (κ2) is 11.2. The number of fused-ring (bicyclic) bond motifs is 2. The van der Waals surface area contributed by atoms with Gasteiger partial charge in [0.05, 0.1) is 15.2 Å². The van der Waals surface area contributed by atoms with Gasteiger partial charge in [-0.05, 0) is 71.2 Å². The Morgan fingerprint density at radius 1 is 0.571 bits per heavy atom. The zero-order chi connectivity index (χ0) is 24.1. The lowest BCUT2D eigenvalue weighted by atomic mass is 9.67. The highest BCUT2D eigenvalue weighted by atomic mass is 32.1. The van der Waals surface area contributed by atoms with Crippen LogP contribution >= 0.6 is 22.3 Å². The normalized spacial score (nSPS) is 16.6. The van der Waals surface area contributed by atoms with Gasteiger partial charge in [0.2, 0.25) is 0 Å². The number of hydrogen-bond acceptors (Lipinski definition) is 0. The summed E-state index contributed by atoms with van der Waals surface area (Å²) in [7, 11) is 0. The van der Waals surface area contributed by atoms with Crippen molar-refractivity contribution in [1.82, 2.24) is 0 Å². The maximum atomic E-state index is 3.46. The topological polar surface area (TPSA) is 0 Å². The molecule has 2 aromatic carbocycles. The van der Waals surface area contributed by atoms with E-state index in [4.69, 9.17) is 0 Å². The largest absolute Gasteiger partial charge is 0.0911 e. The summed E-state index contributed by atoms with van der Waals surface area (Å²) in [6.45, 7) is 4.56. The first kappa shape index (κ1) is 24.4. The van der Waals surface area contributed by atoms with Gasteiger partial charge in [0, 0.05) is 0 Å². The molecule has 0 aromatic heterocycles. The van der Waals surface area contributed by atoms with E-state index in [1.807, 2.05) is 0 Å². The van der Waals surface area contributed by atoms with Gasteiger partial charge in [-0.15, -0.1) is 0 Å². The second-order valence-electron chi connectivity index (χ2n) is 9.98. The summed E-state index contributed by atoms with van der Waals surface area (Å²) in [5.41, 5.74) is 8.16. The summed E-state index contributed by atoms with van der Waals surface area (Å²) in [5, 5.41) is 6.92. The molecule has 5 rings (SSSR count). The summed E-state index contributed by atoms with van der Waals surface area (Å²) < 4.78 is 0.